The van der Waals surface area contributed by atoms with E-state index < -0.39 is 0 Å². The minimum atomic E-state index is 0.185. The van der Waals surface area contributed by atoms with Crippen molar-refractivity contribution < 1.29 is 9.32 Å². The fourth-order valence-electron chi connectivity index (χ4n) is 1.71. The van der Waals surface area contributed by atoms with Crippen LogP contribution in [-0.2, 0) is 17.8 Å². The predicted molar refractivity (Wildman–Crippen MR) is 52.9 cm³/mol. The highest BCUT2D eigenvalue weighted by atomic mass is 16.5. The smallest absolute Gasteiger partial charge is 0.246 e. The van der Waals surface area contributed by atoms with Gasteiger partial charge in [-0.1, -0.05) is 12.1 Å². The third-order valence-electron chi connectivity index (χ3n) is 2.48. The van der Waals surface area contributed by atoms with Crippen molar-refractivity contribution in [3.05, 3.63) is 11.7 Å². The molecular weight excluding hydrogens is 194 g/mol. The summed E-state index contributed by atoms with van der Waals surface area (Å²) in [5.41, 5.74) is 0. The first-order valence-electron chi connectivity index (χ1n) is 5.39. The Kier molecular flexibility index (Phi) is 2.99. The van der Waals surface area contributed by atoms with Crippen LogP contribution in [-0.4, -0.2) is 27.5 Å². The molecule has 1 aliphatic heterocycles. The van der Waals surface area contributed by atoms with Crippen molar-refractivity contribution in [1.29, 1.82) is 0 Å². The Labute approximate surface area is 88.5 Å². The maximum absolute atomic E-state index is 11.3. The van der Waals surface area contributed by atoms with Gasteiger partial charge in [0, 0.05) is 19.4 Å². The first kappa shape index (κ1) is 10.1. The average molecular weight is 209 g/mol. The molecule has 0 saturated carbocycles. The molecule has 0 unspecified atom stereocenters. The zero-order valence-corrected chi connectivity index (χ0v) is 8.90. The average Bonchev–Trinajstić information content (AvgIpc) is 2.79. The summed E-state index contributed by atoms with van der Waals surface area (Å²) >= 11 is 0. The molecule has 0 N–H and O–H groups in total. The molecule has 0 atom stereocenters. The largest absolute Gasteiger partial charge is 0.337 e. The summed E-state index contributed by atoms with van der Waals surface area (Å²) in [5.74, 6) is 1.47. The monoisotopic (exact) mass is 209 g/mol. The number of amides is 1. The molecule has 1 amide bonds. The quantitative estimate of drug-likeness (QED) is 0.746. The van der Waals surface area contributed by atoms with Crippen LogP contribution in [0, 0.1) is 0 Å². The Morgan fingerprint density at radius 3 is 3.07 bits per heavy atom. The van der Waals surface area contributed by atoms with Crippen LogP contribution >= 0.6 is 0 Å². The number of rotatable bonds is 4. The summed E-state index contributed by atoms with van der Waals surface area (Å²) < 4.78 is 5.07. The van der Waals surface area contributed by atoms with Crippen LogP contribution in [0.15, 0.2) is 4.52 Å². The van der Waals surface area contributed by atoms with Crippen molar-refractivity contribution in [3.63, 3.8) is 0 Å². The molecule has 15 heavy (non-hydrogen) atoms. The number of likely N-dealkylation sites (tertiary alicyclic amines) is 1. The van der Waals surface area contributed by atoms with E-state index in [1.54, 1.807) is 4.90 Å². The fourth-order valence-corrected chi connectivity index (χ4v) is 1.71. The second kappa shape index (κ2) is 4.42. The maximum atomic E-state index is 11.3. The summed E-state index contributed by atoms with van der Waals surface area (Å²) in [6.07, 6.45) is 3.42. The number of nitrogens with zero attached hydrogens (tertiary/aromatic N) is 3. The van der Waals surface area contributed by atoms with Crippen LogP contribution in [0.1, 0.15) is 37.9 Å². The van der Waals surface area contributed by atoms with Gasteiger partial charge < -0.3 is 9.42 Å². The highest BCUT2D eigenvalue weighted by molar-refractivity contribution is 5.77. The molecular formula is C10H15N3O2. The molecule has 2 heterocycles. The number of hydrogen-bond donors (Lipinski definition) is 0. The second-order valence-corrected chi connectivity index (χ2v) is 3.77. The lowest BCUT2D eigenvalue weighted by atomic mass is 10.3. The molecule has 0 aromatic carbocycles. The first-order chi connectivity index (χ1) is 7.29. The Morgan fingerprint density at radius 2 is 2.40 bits per heavy atom. The summed E-state index contributed by atoms with van der Waals surface area (Å²) in [4.78, 5) is 17.3. The van der Waals surface area contributed by atoms with Gasteiger partial charge in [0.25, 0.3) is 0 Å². The topological polar surface area (TPSA) is 59.2 Å². The Balaban J connectivity index is 1.95. The second-order valence-electron chi connectivity index (χ2n) is 3.77. The van der Waals surface area contributed by atoms with Gasteiger partial charge in [-0.3, -0.25) is 4.79 Å². The van der Waals surface area contributed by atoms with Crippen LogP contribution in [0.25, 0.3) is 0 Å². The lowest BCUT2D eigenvalue weighted by Gasteiger charge is -2.11. The van der Waals surface area contributed by atoms with Crippen molar-refractivity contribution >= 4 is 5.91 Å². The number of carbonyl (C=O) groups is 1. The van der Waals surface area contributed by atoms with Gasteiger partial charge in [0.1, 0.15) is 0 Å². The molecule has 1 saturated heterocycles. The molecule has 1 aliphatic rings. The molecule has 82 valence electrons. The van der Waals surface area contributed by atoms with Gasteiger partial charge >= 0.3 is 0 Å². The molecule has 0 aliphatic carbocycles. The third kappa shape index (κ3) is 2.34. The number of aryl methyl sites for hydroxylation is 1. The van der Waals surface area contributed by atoms with Crippen molar-refractivity contribution in [2.24, 2.45) is 0 Å². The third-order valence-corrected chi connectivity index (χ3v) is 2.48. The molecule has 2 rings (SSSR count). The van der Waals surface area contributed by atoms with Crippen molar-refractivity contribution in [2.45, 2.75) is 39.2 Å². The fraction of sp³-hybridized carbons (Fsp3) is 0.700. The lowest BCUT2D eigenvalue weighted by Crippen LogP contribution is -2.23. The normalized spacial score (nSPS) is 16.3. The van der Waals surface area contributed by atoms with Crippen LogP contribution in [0.2, 0.25) is 0 Å². The summed E-state index contributed by atoms with van der Waals surface area (Å²) in [5, 5.41) is 3.85. The SMILES string of the molecule is CCCc1noc(CN2CCCC2=O)n1. The minimum Gasteiger partial charge on any atom is -0.337 e. The van der Waals surface area contributed by atoms with E-state index in [2.05, 4.69) is 17.1 Å². The van der Waals surface area contributed by atoms with Gasteiger partial charge in [0.05, 0.1) is 6.54 Å². The van der Waals surface area contributed by atoms with Gasteiger partial charge in [0.15, 0.2) is 5.82 Å². The van der Waals surface area contributed by atoms with Crippen LogP contribution in [0.4, 0.5) is 0 Å². The highest BCUT2D eigenvalue weighted by Gasteiger charge is 2.22. The predicted octanol–water partition coefficient (Wildman–Crippen LogP) is 1.14. The Bertz CT molecular complexity index is 348. The van der Waals surface area contributed by atoms with E-state index in [1.165, 1.54) is 0 Å². The zero-order valence-electron chi connectivity index (χ0n) is 8.90. The van der Waals surface area contributed by atoms with Gasteiger partial charge in [-0.15, -0.1) is 0 Å². The number of carbonyl (C=O) groups excluding carboxylic acids is 1. The highest BCUT2D eigenvalue weighted by Crippen LogP contribution is 2.13. The van der Waals surface area contributed by atoms with Crippen molar-refractivity contribution in [1.82, 2.24) is 15.0 Å². The van der Waals surface area contributed by atoms with E-state index in [0.29, 0.717) is 18.9 Å². The molecule has 1 fully saturated rings. The number of aromatic nitrogens is 2. The molecule has 0 bridgehead atoms. The van der Waals surface area contributed by atoms with Gasteiger partial charge in [-0.05, 0) is 12.8 Å². The maximum Gasteiger partial charge on any atom is 0.246 e. The summed E-state index contributed by atoms with van der Waals surface area (Å²) in [6, 6.07) is 0. The molecule has 0 spiro atoms. The molecule has 1 aromatic rings. The summed E-state index contributed by atoms with van der Waals surface area (Å²) in [6.45, 7) is 3.35. The van der Waals surface area contributed by atoms with E-state index in [1.807, 2.05) is 0 Å². The van der Waals surface area contributed by atoms with E-state index in [-0.39, 0.29) is 5.91 Å². The van der Waals surface area contributed by atoms with E-state index in [0.717, 1.165) is 31.6 Å². The Morgan fingerprint density at radius 1 is 1.53 bits per heavy atom. The van der Waals surface area contributed by atoms with Crippen molar-refractivity contribution in [2.75, 3.05) is 6.54 Å². The van der Waals surface area contributed by atoms with Gasteiger partial charge in [-0.25, -0.2) is 0 Å². The van der Waals surface area contributed by atoms with Crippen LogP contribution < -0.4 is 0 Å². The van der Waals surface area contributed by atoms with Crippen LogP contribution in [0.3, 0.4) is 0 Å². The zero-order chi connectivity index (χ0) is 10.7. The van der Waals surface area contributed by atoms with E-state index in [9.17, 15) is 4.79 Å². The number of hydrogen-bond acceptors (Lipinski definition) is 4. The van der Waals surface area contributed by atoms with E-state index >= 15 is 0 Å². The van der Waals surface area contributed by atoms with Gasteiger partial charge in [-0.2, -0.15) is 4.98 Å². The first-order valence-corrected chi connectivity index (χ1v) is 5.39. The Hall–Kier alpha value is -1.39. The molecule has 5 heteroatoms. The summed E-state index contributed by atoms with van der Waals surface area (Å²) in [7, 11) is 0. The molecule has 0 radical (unpaired) electrons. The van der Waals surface area contributed by atoms with E-state index in [4.69, 9.17) is 4.52 Å². The van der Waals surface area contributed by atoms with Crippen LogP contribution in [0.5, 0.6) is 0 Å². The standard InChI is InChI=1S/C10H15N3O2/c1-2-4-8-11-9(15-12-8)7-13-6-3-5-10(13)14/h2-7H2,1H3. The lowest BCUT2D eigenvalue weighted by molar-refractivity contribution is -0.128. The molecule has 1 aromatic heterocycles. The van der Waals surface area contributed by atoms with Crippen molar-refractivity contribution in [3.8, 4) is 0 Å². The van der Waals surface area contributed by atoms with Gasteiger partial charge in [0.2, 0.25) is 11.8 Å². The minimum absolute atomic E-state index is 0.185. The molecule has 5 nitrogen and oxygen atoms in total.